The highest BCUT2D eigenvalue weighted by atomic mass is 35.5. The number of nitrogens with zero attached hydrogens (tertiary/aromatic N) is 1. The van der Waals surface area contributed by atoms with E-state index in [0.29, 0.717) is 27.6 Å². The molecule has 6 nitrogen and oxygen atoms in total. The largest absolute Gasteiger partial charge is 0.487 e. The van der Waals surface area contributed by atoms with Crippen LogP contribution in [-0.2, 0) is 9.53 Å². The van der Waals surface area contributed by atoms with Crippen LogP contribution in [0, 0.1) is 20.8 Å². The lowest BCUT2D eigenvalue weighted by atomic mass is 9.94. The van der Waals surface area contributed by atoms with Crippen molar-refractivity contribution in [2.24, 2.45) is 0 Å². The van der Waals surface area contributed by atoms with Crippen LogP contribution in [0.25, 0.3) is 0 Å². The fourth-order valence-electron chi connectivity index (χ4n) is 3.61. The van der Waals surface area contributed by atoms with Gasteiger partial charge >= 0.3 is 12.0 Å². The first-order valence-electron chi connectivity index (χ1n) is 10.1. The third-order valence-corrected chi connectivity index (χ3v) is 5.62. The summed E-state index contributed by atoms with van der Waals surface area (Å²) in [5.74, 6) is 0.210. The Bertz CT molecular complexity index is 1050. The average Bonchev–Trinajstić information content (AvgIpc) is 2.72. The van der Waals surface area contributed by atoms with Crippen LogP contribution in [0.15, 0.2) is 47.7 Å². The molecule has 1 N–H and O–H groups in total. The topological polar surface area (TPSA) is 67.9 Å². The third kappa shape index (κ3) is 4.85. The van der Waals surface area contributed by atoms with Gasteiger partial charge in [-0.05, 0) is 68.1 Å². The van der Waals surface area contributed by atoms with Gasteiger partial charge in [-0.15, -0.1) is 0 Å². The van der Waals surface area contributed by atoms with Crippen molar-refractivity contribution < 1.29 is 19.1 Å². The van der Waals surface area contributed by atoms with E-state index in [4.69, 9.17) is 21.1 Å². The Morgan fingerprint density at radius 3 is 2.61 bits per heavy atom. The number of rotatable bonds is 6. The molecule has 2 aromatic carbocycles. The zero-order chi connectivity index (χ0) is 22.7. The minimum Gasteiger partial charge on any atom is -0.487 e. The molecule has 0 bridgehead atoms. The number of nitrogens with one attached hydrogen (secondary N) is 1. The van der Waals surface area contributed by atoms with Gasteiger partial charge in [0.25, 0.3) is 0 Å². The van der Waals surface area contributed by atoms with Gasteiger partial charge in [0.15, 0.2) is 0 Å². The van der Waals surface area contributed by atoms with Crippen molar-refractivity contribution in [2.75, 3.05) is 20.3 Å². The van der Waals surface area contributed by atoms with E-state index >= 15 is 0 Å². The van der Waals surface area contributed by atoms with Crippen molar-refractivity contribution >= 4 is 23.6 Å². The van der Waals surface area contributed by atoms with Crippen molar-refractivity contribution in [2.45, 2.75) is 33.7 Å². The number of likely N-dealkylation sites (N-methyl/N-ethyl adjacent to an activating group) is 1. The van der Waals surface area contributed by atoms with Crippen LogP contribution in [0.5, 0.6) is 5.75 Å². The molecular weight excluding hydrogens is 416 g/mol. The van der Waals surface area contributed by atoms with Gasteiger partial charge in [0.1, 0.15) is 12.4 Å². The first-order chi connectivity index (χ1) is 14.7. The minimum atomic E-state index is -0.694. The van der Waals surface area contributed by atoms with E-state index in [1.54, 1.807) is 32.2 Å². The second kappa shape index (κ2) is 9.43. The Morgan fingerprint density at radius 1 is 1.19 bits per heavy atom. The average molecular weight is 443 g/mol. The lowest BCUT2D eigenvalue weighted by Gasteiger charge is -2.34. The molecule has 3 rings (SSSR count). The van der Waals surface area contributed by atoms with Gasteiger partial charge in [-0.1, -0.05) is 29.8 Å². The summed E-state index contributed by atoms with van der Waals surface area (Å²) in [6, 6.07) is 10.1. The summed E-state index contributed by atoms with van der Waals surface area (Å²) >= 11 is 6.16. The highest BCUT2D eigenvalue weighted by Crippen LogP contribution is 2.33. The monoisotopic (exact) mass is 442 g/mol. The summed E-state index contributed by atoms with van der Waals surface area (Å²) in [5, 5.41) is 3.38. The highest BCUT2D eigenvalue weighted by Gasteiger charge is 2.37. The van der Waals surface area contributed by atoms with Crippen molar-refractivity contribution in [3.63, 3.8) is 0 Å². The standard InChI is InChI=1S/C24H27ClN2O4/c1-6-30-23(28)21-19(13-31-20-11-14(2)10-15(3)16(20)4)27(5)24(29)26-22(21)17-8-7-9-18(25)12-17/h7-12,22H,6,13H2,1-5H3,(H,26,29). The fraction of sp³-hybridized carbons (Fsp3) is 0.333. The number of halogens is 1. The zero-order valence-corrected chi connectivity index (χ0v) is 19.2. The molecule has 2 amide bonds. The second-order valence-corrected chi connectivity index (χ2v) is 8.01. The van der Waals surface area contributed by atoms with Crippen molar-refractivity contribution in [1.29, 1.82) is 0 Å². The first-order valence-corrected chi connectivity index (χ1v) is 10.5. The Balaban J connectivity index is 2.07. The molecule has 0 saturated carbocycles. The quantitative estimate of drug-likeness (QED) is 0.649. The minimum absolute atomic E-state index is 0.0405. The Morgan fingerprint density at radius 2 is 1.94 bits per heavy atom. The van der Waals surface area contributed by atoms with Crippen LogP contribution >= 0.6 is 11.6 Å². The van der Waals surface area contributed by atoms with Gasteiger partial charge in [0.05, 0.1) is 23.9 Å². The van der Waals surface area contributed by atoms with E-state index in [1.807, 2.05) is 32.9 Å². The molecule has 0 spiro atoms. The third-order valence-electron chi connectivity index (χ3n) is 5.38. The molecule has 0 fully saturated rings. The number of hydrogen-bond acceptors (Lipinski definition) is 4. The van der Waals surface area contributed by atoms with Crippen LogP contribution in [-0.4, -0.2) is 37.2 Å². The first kappa shape index (κ1) is 22.7. The molecule has 0 saturated heterocycles. The van der Waals surface area contributed by atoms with Gasteiger partial charge in [-0.3, -0.25) is 4.90 Å². The number of aryl methyl sites for hydroxylation is 2. The van der Waals surface area contributed by atoms with Crippen LogP contribution < -0.4 is 10.1 Å². The zero-order valence-electron chi connectivity index (χ0n) is 18.4. The molecule has 1 aliphatic rings. The molecule has 1 aliphatic heterocycles. The number of esters is 1. The summed E-state index contributed by atoms with van der Waals surface area (Å²) in [4.78, 5) is 27.1. The number of urea groups is 1. The Kier molecular flexibility index (Phi) is 6.91. The maximum absolute atomic E-state index is 13.0. The molecule has 1 unspecified atom stereocenters. The molecule has 164 valence electrons. The molecule has 0 radical (unpaired) electrons. The summed E-state index contributed by atoms with van der Waals surface area (Å²) in [5.41, 5.74) is 4.67. The summed E-state index contributed by atoms with van der Waals surface area (Å²) < 4.78 is 11.4. The van der Waals surface area contributed by atoms with E-state index in [0.717, 1.165) is 16.7 Å². The maximum atomic E-state index is 13.0. The number of carbonyl (C=O) groups excluding carboxylic acids is 2. The molecule has 1 atom stereocenters. The van der Waals surface area contributed by atoms with Crippen LogP contribution in [0.1, 0.15) is 35.2 Å². The van der Waals surface area contributed by atoms with E-state index in [9.17, 15) is 9.59 Å². The smallest absolute Gasteiger partial charge is 0.338 e. The van der Waals surface area contributed by atoms with Crippen molar-refractivity contribution in [3.8, 4) is 5.75 Å². The maximum Gasteiger partial charge on any atom is 0.338 e. The van der Waals surface area contributed by atoms with Crippen LogP contribution in [0.4, 0.5) is 4.79 Å². The van der Waals surface area contributed by atoms with Crippen LogP contribution in [0.2, 0.25) is 5.02 Å². The molecule has 2 aromatic rings. The summed E-state index contributed by atoms with van der Waals surface area (Å²) in [6.07, 6.45) is 0. The van der Waals surface area contributed by atoms with Gasteiger partial charge in [0, 0.05) is 12.1 Å². The lowest BCUT2D eigenvalue weighted by molar-refractivity contribution is -0.139. The highest BCUT2D eigenvalue weighted by molar-refractivity contribution is 6.30. The van der Waals surface area contributed by atoms with E-state index in [2.05, 4.69) is 11.4 Å². The van der Waals surface area contributed by atoms with Gasteiger partial charge < -0.3 is 14.8 Å². The predicted molar refractivity (Wildman–Crippen MR) is 120 cm³/mol. The summed E-state index contributed by atoms with van der Waals surface area (Å²) in [7, 11) is 1.61. The number of carbonyl (C=O) groups is 2. The van der Waals surface area contributed by atoms with E-state index in [-0.39, 0.29) is 19.2 Å². The molecule has 1 heterocycles. The molecule has 0 aromatic heterocycles. The molecule has 7 heteroatoms. The van der Waals surface area contributed by atoms with Crippen molar-refractivity contribution in [1.82, 2.24) is 10.2 Å². The number of ether oxygens (including phenoxy) is 2. The van der Waals surface area contributed by atoms with E-state index < -0.39 is 12.0 Å². The Labute approximate surface area is 187 Å². The molecule has 0 aliphatic carbocycles. The number of benzene rings is 2. The molecule has 31 heavy (non-hydrogen) atoms. The van der Waals surface area contributed by atoms with E-state index in [1.165, 1.54) is 4.90 Å². The van der Waals surface area contributed by atoms with Crippen molar-refractivity contribution in [3.05, 3.63) is 74.9 Å². The SMILES string of the molecule is CCOC(=O)C1=C(COc2cc(C)cc(C)c2C)N(C)C(=O)NC1c1cccc(Cl)c1. The summed E-state index contributed by atoms with van der Waals surface area (Å²) in [6.45, 7) is 8.00. The normalized spacial score (nSPS) is 16.3. The fourth-order valence-corrected chi connectivity index (χ4v) is 3.81. The van der Waals surface area contributed by atoms with Gasteiger partial charge in [0.2, 0.25) is 0 Å². The molecular formula is C24H27ClN2O4. The van der Waals surface area contributed by atoms with Gasteiger partial charge in [-0.25, -0.2) is 9.59 Å². The Hall–Kier alpha value is -2.99. The van der Waals surface area contributed by atoms with Crippen LogP contribution in [0.3, 0.4) is 0 Å². The second-order valence-electron chi connectivity index (χ2n) is 7.57. The lowest BCUT2D eigenvalue weighted by Crippen LogP contribution is -2.48. The van der Waals surface area contributed by atoms with Gasteiger partial charge in [-0.2, -0.15) is 0 Å². The predicted octanol–water partition coefficient (Wildman–Crippen LogP) is 4.86. The number of amides is 2. The number of hydrogen-bond donors (Lipinski definition) is 1.